The van der Waals surface area contributed by atoms with Crippen molar-refractivity contribution in [3.8, 4) is 17.4 Å². The summed E-state index contributed by atoms with van der Waals surface area (Å²) in [6.45, 7) is 5.67. The van der Waals surface area contributed by atoms with Gasteiger partial charge in [-0.05, 0) is 57.0 Å². The summed E-state index contributed by atoms with van der Waals surface area (Å²) in [5.41, 5.74) is 0.842. The van der Waals surface area contributed by atoms with Crippen LogP contribution in [0.4, 0.5) is 0 Å². The molecule has 1 amide bonds. The zero-order chi connectivity index (χ0) is 19.1. The first kappa shape index (κ1) is 18.9. The Morgan fingerprint density at radius 3 is 2.52 bits per heavy atom. The number of carbonyl (C=O) groups excluding carboxylic acids is 1. The van der Waals surface area contributed by atoms with E-state index in [4.69, 9.17) is 14.2 Å². The highest BCUT2D eigenvalue weighted by Crippen LogP contribution is 2.19. The van der Waals surface area contributed by atoms with E-state index in [-0.39, 0.29) is 18.6 Å². The monoisotopic (exact) mass is 371 g/mol. The molecule has 0 spiro atoms. The van der Waals surface area contributed by atoms with E-state index in [1.54, 1.807) is 23.1 Å². The van der Waals surface area contributed by atoms with Crippen LogP contribution >= 0.6 is 0 Å². The van der Waals surface area contributed by atoms with Crippen molar-refractivity contribution < 1.29 is 19.0 Å². The summed E-state index contributed by atoms with van der Waals surface area (Å²) in [5, 5.41) is 8.02. The van der Waals surface area contributed by atoms with Crippen LogP contribution in [0.5, 0.6) is 17.4 Å². The molecule has 1 saturated heterocycles. The first-order valence-corrected chi connectivity index (χ1v) is 9.24. The smallest absolute Gasteiger partial charge is 0.260 e. The number of ether oxygens (including phenoxy) is 3. The average Bonchev–Trinajstić information content (AvgIpc) is 2.69. The number of likely N-dealkylation sites (tertiary alicyclic amines) is 1. The number of aromatic nitrogens is 2. The minimum absolute atomic E-state index is 0.00500. The third kappa shape index (κ3) is 5.57. The van der Waals surface area contributed by atoms with Gasteiger partial charge in [-0.25, -0.2) is 0 Å². The fourth-order valence-electron chi connectivity index (χ4n) is 2.92. The zero-order valence-corrected chi connectivity index (χ0v) is 15.8. The number of nitrogens with zero attached hydrogens (tertiary/aromatic N) is 3. The van der Waals surface area contributed by atoms with E-state index in [1.165, 1.54) is 0 Å². The molecule has 1 aliphatic rings. The summed E-state index contributed by atoms with van der Waals surface area (Å²) in [4.78, 5) is 14.3. The van der Waals surface area contributed by atoms with Crippen molar-refractivity contribution in [2.24, 2.45) is 0 Å². The summed E-state index contributed by atoms with van der Waals surface area (Å²) in [7, 11) is 0. The number of amides is 1. The molecule has 0 aliphatic carbocycles. The molecule has 1 unspecified atom stereocenters. The second kappa shape index (κ2) is 9.21. The summed E-state index contributed by atoms with van der Waals surface area (Å²) < 4.78 is 16.9. The summed E-state index contributed by atoms with van der Waals surface area (Å²) in [6, 6.07) is 10.9. The quantitative estimate of drug-likeness (QED) is 0.745. The number of carbonyl (C=O) groups is 1. The number of aryl methyl sites for hydroxylation is 1. The number of benzene rings is 1. The van der Waals surface area contributed by atoms with Crippen molar-refractivity contribution in [1.29, 1.82) is 0 Å². The Morgan fingerprint density at radius 2 is 1.85 bits per heavy atom. The molecular formula is C20H25N3O4. The van der Waals surface area contributed by atoms with Crippen LogP contribution in [0, 0.1) is 6.92 Å². The SMILES string of the molecule is CCOc1ccc(OCC(=O)N2CCCC(Oc3ccc(C)nn3)C2)cc1. The maximum absolute atomic E-state index is 12.5. The van der Waals surface area contributed by atoms with E-state index in [9.17, 15) is 4.79 Å². The number of piperidine rings is 1. The number of hydrogen-bond acceptors (Lipinski definition) is 6. The summed E-state index contributed by atoms with van der Waals surface area (Å²) >= 11 is 0. The molecule has 1 atom stereocenters. The van der Waals surface area contributed by atoms with Crippen molar-refractivity contribution in [3.05, 3.63) is 42.1 Å². The Labute approximate surface area is 159 Å². The van der Waals surface area contributed by atoms with Crippen LogP contribution < -0.4 is 14.2 Å². The molecule has 7 heteroatoms. The van der Waals surface area contributed by atoms with Crippen LogP contribution in [0.1, 0.15) is 25.5 Å². The average molecular weight is 371 g/mol. The third-order valence-corrected chi connectivity index (χ3v) is 4.29. The molecule has 1 aromatic carbocycles. The lowest BCUT2D eigenvalue weighted by atomic mass is 10.1. The van der Waals surface area contributed by atoms with E-state index in [2.05, 4.69) is 10.2 Å². The molecule has 2 aromatic rings. The van der Waals surface area contributed by atoms with Gasteiger partial charge in [0.15, 0.2) is 6.61 Å². The van der Waals surface area contributed by atoms with Crippen molar-refractivity contribution in [2.75, 3.05) is 26.3 Å². The molecule has 0 saturated carbocycles. The van der Waals surface area contributed by atoms with Crippen LogP contribution in [-0.2, 0) is 4.79 Å². The van der Waals surface area contributed by atoms with Crippen LogP contribution in [0.3, 0.4) is 0 Å². The van der Waals surface area contributed by atoms with E-state index in [0.29, 0.717) is 31.3 Å². The second-order valence-electron chi connectivity index (χ2n) is 6.43. The Bertz CT molecular complexity index is 734. The molecule has 0 bridgehead atoms. The highest BCUT2D eigenvalue weighted by atomic mass is 16.5. The van der Waals surface area contributed by atoms with Crippen LogP contribution in [0.15, 0.2) is 36.4 Å². The van der Waals surface area contributed by atoms with Crippen molar-refractivity contribution in [3.63, 3.8) is 0 Å². The van der Waals surface area contributed by atoms with Gasteiger partial charge in [0.25, 0.3) is 5.91 Å². The summed E-state index contributed by atoms with van der Waals surface area (Å²) in [6.07, 6.45) is 1.70. The molecule has 0 N–H and O–H groups in total. The summed E-state index contributed by atoms with van der Waals surface area (Å²) in [5.74, 6) is 1.87. The fraction of sp³-hybridized carbons (Fsp3) is 0.450. The van der Waals surface area contributed by atoms with Gasteiger partial charge in [-0.15, -0.1) is 5.10 Å². The Hall–Kier alpha value is -2.83. The van der Waals surface area contributed by atoms with E-state index >= 15 is 0 Å². The van der Waals surface area contributed by atoms with Gasteiger partial charge in [0.2, 0.25) is 5.88 Å². The van der Waals surface area contributed by atoms with Crippen LogP contribution in [-0.4, -0.2) is 53.4 Å². The van der Waals surface area contributed by atoms with E-state index in [1.807, 2.05) is 32.0 Å². The van der Waals surface area contributed by atoms with Gasteiger partial charge in [-0.2, -0.15) is 5.10 Å². The molecule has 0 radical (unpaired) electrons. The van der Waals surface area contributed by atoms with Gasteiger partial charge < -0.3 is 19.1 Å². The van der Waals surface area contributed by atoms with E-state index < -0.39 is 0 Å². The lowest BCUT2D eigenvalue weighted by Gasteiger charge is -2.32. The Kier molecular flexibility index (Phi) is 6.46. The normalized spacial score (nSPS) is 16.7. The van der Waals surface area contributed by atoms with Gasteiger partial charge >= 0.3 is 0 Å². The van der Waals surface area contributed by atoms with E-state index in [0.717, 1.165) is 24.3 Å². The molecule has 27 heavy (non-hydrogen) atoms. The van der Waals surface area contributed by atoms with Gasteiger partial charge in [-0.1, -0.05) is 0 Å². The third-order valence-electron chi connectivity index (χ3n) is 4.29. The molecule has 7 nitrogen and oxygen atoms in total. The standard InChI is InChI=1S/C20H25N3O4/c1-3-25-16-7-9-17(10-8-16)26-14-20(24)23-12-4-5-18(13-23)27-19-11-6-15(2)21-22-19/h6-11,18H,3-5,12-14H2,1-2H3. The minimum atomic E-state index is -0.0785. The van der Waals surface area contributed by atoms with Gasteiger partial charge in [-0.3, -0.25) is 4.79 Å². The Balaban J connectivity index is 1.48. The van der Waals surface area contributed by atoms with Crippen LogP contribution in [0.25, 0.3) is 0 Å². The highest BCUT2D eigenvalue weighted by molar-refractivity contribution is 5.77. The molecule has 1 aromatic heterocycles. The Morgan fingerprint density at radius 1 is 1.11 bits per heavy atom. The second-order valence-corrected chi connectivity index (χ2v) is 6.43. The largest absolute Gasteiger partial charge is 0.494 e. The predicted molar refractivity (Wildman–Crippen MR) is 100 cm³/mol. The molecule has 144 valence electrons. The number of hydrogen-bond donors (Lipinski definition) is 0. The van der Waals surface area contributed by atoms with Crippen molar-refractivity contribution in [2.45, 2.75) is 32.8 Å². The first-order chi connectivity index (χ1) is 13.1. The lowest BCUT2D eigenvalue weighted by Crippen LogP contribution is -2.46. The molecule has 2 heterocycles. The first-order valence-electron chi connectivity index (χ1n) is 9.24. The minimum Gasteiger partial charge on any atom is -0.494 e. The predicted octanol–water partition coefficient (Wildman–Crippen LogP) is 2.63. The number of rotatable bonds is 7. The zero-order valence-electron chi connectivity index (χ0n) is 15.8. The topological polar surface area (TPSA) is 73.8 Å². The maximum Gasteiger partial charge on any atom is 0.260 e. The van der Waals surface area contributed by atoms with Gasteiger partial charge in [0.1, 0.15) is 17.6 Å². The fourth-order valence-corrected chi connectivity index (χ4v) is 2.92. The van der Waals surface area contributed by atoms with Crippen molar-refractivity contribution in [1.82, 2.24) is 15.1 Å². The van der Waals surface area contributed by atoms with Gasteiger partial charge in [0, 0.05) is 12.6 Å². The maximum atomic E-state index is 12.5. The van der Waals surface area contributed by atoms with Crippen molar-refractivity contribution >= 4 is 5.91 Å². The molecular weight excluding hydrogens is 346 g/mol. The highest BCUT2D eigenvalue weighted by Gasteiger charge is 2.25. The lowest BCUT2D eigenvalue weighted by molar-refractivity contribution is -0.136. The van der Waals surface area contributed by atoms with Gasteiger partial charge in [0.05, 0.1) is 18.8 Å². The van der Waals surface area contributed by atoms with Crippen LogP contribution in [0.2, 0.25) is 0 Å². The molecule has 1 aliphatic heterocycles. The molecule has 1 fully saturated rings. The molecule has 3 rings (SSSR count).